The summed E-state index contributed by atoms with van der Waals surface area (Å²) in [7, 11) is -1.34. The fraction of sp³-hybridized carbons (Fsp3) is 0.214. The summed E-state index contributed by atoms with van der Waals surface area (Å²) < 4.78 is 12.1. The van der Waals surface area contributed by atoms with Crippen LogP contribution in [-0.2, 0) is 17.2 Å². The molecule has 19 heavy (non-hydrogen) atoms. The number of Topliss-reactive ketones (excluding diaryl/α,β-unsaturated/α-hetero) is 1. The Morgan fingerprint density at radius 2 is 2.11 bits per heavy atom. The molecule has 0 aliphatic carbocycles. The number of thiophene rings is 1. The molecule has 0 fully saturated rings. The molecule has 0 saturated carbocycles. The van der Waals surface area contributed by atoms with E-state index in [1.54, 1.807) is 30.3 Å². The number of halogens is 1. The van der Waals surface area contributed by atoms with E-state index in [4.69, 9.17) is 11.6 Å². The summed E-state index contributed by atoms with van der Waals surface area (Å²) in [6.45, 7) is 2.05. The molecule has 0 N–H and O–H groups in total. The quantitative estimate of drug-likeness (QED) is 0.783. The Hall–Kier alpha value is -0.970. The van der Waals surface area contributed by atoms with Gasteiger partial charge in [-0.1, -0.05) is 24.6 Å². The van der Waals surface area contributed by atoms with Gasteiger partial charge in [-0.25, -0.2) is 0 Å². The predicted molar refractivity (Wildman–Crippen MR) is 80.8 cm³/mol. The summed E-state index contributed by atoms with van der Waals surface area (Å²) in [5.41, 5.74) is 0. The molecule has 0 radical (unpaired) electrons. The summed E-state index contributed by atoms with van der Waals surface area (Å²) in [5, 5.41) is 0.530. The zero-order chi connectivity index (χ0) is 13.8. The van der Waals surface area contributed by atoms with E-state index in [-0.39, 0.29) is 11.5 Å². The average Bonchev–Trinajstić information content (AvgIpc) is 2.87. The third kappa shape index (κ3) is 3.75. The van der Waals surface area contributed by atoms with Crippen molar-refractivity contribution in [3.63, 3.8) is 0 Å². The number of ketones is 1. The van der Waals surface area contributed by atoms with E-state index >= 15 is 0 Å². The standard InChI is InChI=1S/C14H13ClO2S2/c1-2-11-6-7-14(18-11)13(16)9-19(17)12-5-3-4-10(15)8-12/h3-8H,2,9H2,1H3. The number of aryl methyl sites for hydroxylation is 1. The van der Waals surface area contributed by atoms with Crippen LogP contribution >= 0.6 is 22.9 Å². The van der Waals surface area contributed by atoms with Gasteiger partial charge in [-0.15, -0.1) is 11.3 Å². The lowest BCUT2D eigenvalue weighted by Gasteiger charge is -2.01. The molecular formula is C14H13ClO2S2. The first-order valence-corrected chi connectivity index (χ1v) is 8.37. The van der Waals surface area contributed by atoms with Crippen molar-refractivity contribution in [1.82, 2.24) is 0 Å². The first-order valence-electron chi connectivity index (χ1n) is 5.86. The van der Waals surface area contributed by atoms with E-state index in [0.29, 0.717) is 14.8 Å². The van der Waals surface area contributed by atoms with Crippen molar-refractivity contribution in [3.8, 4) is 0 Å². The maximum Gasteiger partial charge on any atom is 0.185 e. The molecule has 0 amide bonds. The number of carbonyl (C=O) groups excluding carboxylic acids is 1. The van der Waals surface area contributed by atoms with Crippen molar-refractivity contribution in [2.75, 3.05) is 5.75 Å². The minimum Gasteiger partial charge on any atom is -0.292 e. The van der Waals surface area contributed by atoms with E-state index in [1.807, 2.05) is 13.0 Å². The molecule has 100 valence electrons. The highest BCUT2D eigenvalue weighted by molar-refractivity contribution is 7.85. The highest BCUT2D eigenvalue weighted by Gasteiger charge is 2.14. The van der Waals surface area contributed by atoms with Crippen molar-refractivity contribution in [2.24, 2.45) is 0 Å². The van der Waals surface area contributed by atoms with Crippen LogP contribution in [0.5, 0.6) is 0 Å². The fourth-order valence-corrected chi connectivity index (χ4v) is 3.88. The zero-order valence-electron chi connectivity index (χ0n) is 10.4. The van der Waals surface area contributed by atoms with Crippen LogP contribution in [0, 0.1) is 0 Å². The Kier molecular flexibility index (Phi) is 4.91. The molecule has 2 nitrogen and oxygen atoms in total. The minimum atomic E-state index is -1.34. The van der Waals surface area contributed by atoms with E-state index in [1.165, 1.54) is 11.3 Å². The van der Waals surface area contributed by atoms with E-state index < -0.39 is 10.8 Å². The first kappa shape index (κ1) is 14.4. The van der Waals surface area contributed by atoms with Crippen LogP contribution in [0.1, 0.15) is 21.5 Å². The van der Waals surface area contributed by atoms with Crippen LogP contribution in [0.2, 0.25) is 5.02 Å². The molecule has 2 rings (SSSR count). The lowest BCUT2D eigenvalue weighted by atomic mass is 10.3. The van der Waals surface area contributed by atoms with Gasteiger partial charge in [0.25, 0.3) is 0 Å². The maximum atomic E-state index is 12.1. The number of benzene rings is 1. The largest absolute Gasteiger partial charge is 0.292 e. The fourth-order valence-electron chi connectivity index (χ4n) is 1.60. The van der Waals surface area contributed by atoms with E-state index in [9.17, 15) is 9.00 Å². The second-order valence-electron chi connectivity index (χ2n) is 3.99. The number of carbonyl (C=O) groups is 1. The molecule has 1 atom stereocenters. The molecule has 0 aliphatic rings. The van der Waals surface area contributed by atoms with Gasteiger partial charge in [-0.05, 0) is 36.8 Å². The average molecular weight is 313 g/mol. The van der Waals surface area contributed by atoms with Crippen LogP contribution in [0.15, 0.2) is 41.3 Å². The lowest BCUT2D eigenvalue weighted by Crippen LogP contribution is -2.09. The zero-order valence-corrected chi connectivity index (χ0v) is 12.8. The van der Waals surface area contributed by atoms with Gasteiger partial charge in [0.2, 0.25) is 0 Å². The lowest BCUT2D eigenvalue weighted by molar-refractivity contribution is 0.102. The molecule has 2 aromatic rings. The number of hydrogen-bond acceptors (Lipinski definition) is 3. The van der Waals surface area contributed by atoms with Gasteiger partial charge in [-0.2, -0.15) is 0 Å². The summed E-state index contributed by atoms with van der Waals surface area (Å²) in [4.78, 5) is 14.5. The first-order chi connectivity index (χ1) is 9.10. The van der Waals surface area contributed by atoms with E-state index in [2.05, 4.69) is 0 Å². The predicted octanol–water partition coefficient (Wildman–Crippen LogP) is 3.95. The monoisotopic (exact) mass is 312 g/mol. The van der Waals surface area contributed by atoms with Gasteiger partial charge in [0.15, 0.2) is 5.78 Å². The van der Waals surface area contributed by atoms with Crippen molar-refractivity contribution in [3.05, 3.63) is 51.2 Å². The third-order valence-electron chi connectivity index (χ3n) is 2.61. The van der Waals surface area contributed by atoms with Crippen LogP contribution < -0.4 is 0 Å². The summed E-state index contributed by atoms with van der Waals surface area (Å²) in [6, 6.07) is 10.6. The van der Waals surface area contributed by atoms with Crippen molar-refractivity contribution in [2.45, 2.75) is 18.2 Å². The number of rotatable bonds is 5. The minimum absolute atomic E-state index is 0.00398. The van der Waals surface area contributed by atoms with Gasteiger partial charge in [-0.3, -0.25) is 9.00 Å². The van der Waals surface area contributed by atoms with Gasteiger partial charge in [0, 0.05) is 14.8 Å². The van der Waals surface area contributed by atoms with Crippen LogP contribution in [0.25, 0.3) is 0 Å². The molecule has 5 heteroatoms. The highest BCUT2D eigenvalue weighted by Crippen LogP contribution is 2.19. The Morgan fingerprint density at radius 1 is 1.32 bits per heavy atom. The highest BCUT2D eigenvalue weighted by atomic mass is 35.5. The normalized spacial score (nSPS) is 12.3. The van der Waals surface area contributed by atoms with Gasteiger partial charge < -0.3 is 0 Å². The van der Waals surface area contributed by atoms with Gasteiger partial charge in [0.1, 0.15) is 0 Å². The topological polar surface area (TPSA) is 34.1 Å². The molecule has 0 spiro atoms. The van der Waals surface area contributed by atoms with Gasteiger partial charge in [0.05, 0.1) is 21.4 Å². The smallest absolute Gasteiger partial charge is 0.185 e. The molecule has 0 bridgehead atoms. The summed E-state index contributed by atoms with van der Waals surface area (Å²) >= 11 is 7.32. The SMILES string of the molecule is CCc1ccc(C(=O)CS(=O)c2cccc(Cl)c2)s1. The molecule has 0 aliphatic heterocycles. The third-order valence-corrected chi connectivity index (χ3v) is 5.42. The molecule has 1 heterocycles. The maximum absolute atomic E-state index is 12.1. The number of hydrogen-bond donors (Lipinski definition) is 0. The van der Waals surface area contributed by atoms with Crippen molar-refractivity contribution in [1.29, 1.82) is 0 Å². The van der Waals surface area contributed by atoms with Crippen molar-refractivity contribution < 1.29 is 9.00 Å². The Labute approximate surface area is 123 Å². The Balaban J connectivity index is 2.08. The summed E-state index contributed by atoms with van der Waals surface area (Å²) in [5.74, 6) is -0.0766. The second kappa shape index (κ2) is 6.46. The molecular weight excluding hydrogens is 300 g/mol. The van der Waals surface area contributed by atoms with Gasteiger partial charge >= 0.3 is 0 Å². The summed E-state index contributed by atoms with van der Waals surface area (Å²) in [6.07, 6.45) is 0.912. The van der Waals surface area contributed by atoms with Crippen molar-refractivity contribution >= 4 is 39.5 Å². The second-order valence-corrected chi connectivity index (χ2v) is 7.05. The molecule has 1 unspecified atom stereocenters. The molecule has 1 aromatic carbocycles. The van der Waals surface area contributed by atoms with Crippen LogP contribution in [0.3, 0.4) is 0 Å². The Morgan fingerprint density at radius 3 is 2.74 bits per heavy atom. The van der Waals surface area contributed by atoms with Crippen LogP contribution in [0.4, 0.5) is 0 Å². The molecule has 0 saturated heterocycles. The van der Waals surface area contributed by atoms with Crippen LogP contribution in [-0.4, -0.2) is 15.7 Å². The Bertz CT molecular complexity index is 619. The van der Waals surface area contributed by atoms with E-state index in [0.717, 1.165) is 11.3 Å². The molecule has 1 aromatic heterocycles.